The number of thioether (sulfide) groups is 1. The molecule has 0 aliphatic carbocycles. The summed E-state index contributed by atoms with van der Waals surface area (Å²) in [6.45, 7) is 2.14. The number of nitrogens with zero attached hydrogens (tertiary/aromatic N) is 2. The highest BCUT2D eigenvalue weighted by atomic mass is 32.2. The van der Waals surface area contributed by atoms with E-state index in [9.17, 15) is 4.79 Å². The van der Waals surface area contributed by atoms with Crippen molar-refractivity contribution in [3.05, 3.63) is 59.5 Å². The summed E-state index contributed by atoms with van der Waals surface area (Å²) in [7, 11) is 0. The first-order valence-electron chi connectivity index (χ1n) is 10.6. The van der Waals surface area contributed by atoms with Crippen molar-refractivity contribution in [2.24, 2.45) is 0 Å². The number of thiazole rings is 1. The number of fused-ring (bicyclic) bond motifs is 1. The first-order chi connectivity index (χ1) is 15.3. The highest BCUT2D eigenvalue weighted by Gasteiger charge is 2.30. The van der Waals surface area contributed by atoms with Crippen LogP contribution in [0.15, 0.2) is 58.3 Å². The Morgan fingerprint density at radius 1 is 1.10 bits per heavy atom. The van der Waals surface area contributed by atoms with E-state index in [2.05, 4.69) is 29.6 Å². The molecule has 0 radical (unpaired) electrons. The van der Waals surface area contributed by atoms with Crippen molar-refractivity contribution in [2.75, 3.05) is 25.5 Å². The molecule has 1 amide bonds. The third-order valence-electron chi connectivity index (χ3n) is 5.60. The molecular formula is C24H24N2O3S2. The van der Waals surface area contributed by atoms with E-state index >= 15 is 0 Å². The standard InChI is InChI=1S/C24H24N2O3S2/c27-23(16-31-24-25-19(15-30-24)17-6-2-1-3-7-17)26-11-4-8-20(26)18-9-10-21-22(14-18)29-13-5-12-28-21/h1-3,6-7,9-10,14-15,20H,4-5,8,11-13,16H2. The number of amides is 1. The first-order valence-corrected chi connectivity index (χ1v) is 12.5. The van der Waals surface area contributed by atoms with Crippen molar-refractivity contribution in [1.29, 1.82) is 0 Å². The number of hydrogen-bond donors (Lipinski definition) is 0. The van der Waals surface area contributed by atoms with Crippen molar-refractivity contribution in [2.45, 2.75) is 29.6 Å². The summed E-state index contributed by atoms with van der Waals surface area (Å²) in [6, 6.07) is 16.3. The second-order valence-corrected chi connectivity index (χ2v) is 9.74. The molecule has 7 heteroatoms. The van der Waals surface area contributed by atoms with Gasteiger partial charge in [-0.25, -0.2) is 4.98 Å². The minimum Gasteiger partial charge on any atom is -0.490 e. The van der Waals surface area contributed by atoms with Crippen LogP contribution < -0.4 is 9.47 Å². The molecule has 0 saturated carbocycles. The van der Waals surface area contributed by atoms with Crippen LogP contribution in [0.4, 0.5) is 0 Å². The van der Waals surface area contributed by atoms with Crippen molar-refractivity contribution >= 4 is 29.0 Å². The van der Waals surface area contributed by atoms with Gasteiger partial charge in [0, 0.05) is 23.9 Å². The Labute approximate surface area is 190 Å². The molecule has 1 aromatic heterocycles. The third kappa shape index (κ3) is 4.57. The largest absolute Gasteiger partial charge is 0.490 e. The van der Waals surface area contributed by atoms with Gasteiger partial charge in [-0.2, -0.15) is 0 Å². The maximum atomic E-state index is 13.0. The van der Waals surface area contributed by atoms with E-state index in [1.165, 1.54) is 11.8 Å². The Kier molecular flexibility index (Phi) is 6.13. The van der Waals surface area contributed by atoms with Gasteiger partial charge in [0.1, 0.15) is 0 Å². The lowest BCUT2D eigenvalue weighted by atomic mass is 10.0. The summed E-state index contributed by atoms with van der Waals surface area (Å²) in [4.78, 5) is 19.8. The lowest BCUT2D eigenvalue weighted by molar-refractivity contribution is -0.129. The number of ether oxygens (including phenoxy) is 2. The van der Waals surface area contributed by atoms with Gasteiger partial charge in [0.25, 0.3) is 0 Å². The van der Waals surface area contributed by atoms with Crippen LogP contribution in [0.2, 0.25) is 0 Å². The normalized spacial score (nSPS) is 18.1. The molecule has 1 fully saturated rings. The molecule has 1 unspecified atom stereocenters. The van der Waals surface area contributed by atoms with Gasteiger partial charge in [-0.05, 0) is 30.5 Å². The summed E-state index contributed by atoms with van der Waals surface area (Å²) >= 11 is 3.12. The molecule has 3 aromatic rings. The number of carbonyl (C=O) groups excluding carboxylic acids is 1. The molecule has 0 N–H and O–H groups in total. The molecule has 2 aromatic carbocycles. The van der Waals surface area contributed by atoms with Gasteiger partial charge in [-0.1, -0.05) is 48.2 Å². The summed E-state index contributed by atoms with van der Waals surface area (Å²) in [5, 5.41) is 2.05. The number of likely N-dealkylation sites (tertiary alicyclic amines) is 1. The number of carbonyl (C=O) groups is 1. The van der Waals surface area contributed by atoms with Gasteiger partial charge in [0.15, 0.2) is 15.8 Å². The van der Waals surface area contributed by atoms with Gasteiger partial charge in [-0.15, -0.1) is 11.3 Å². The Hall–Kier alpha value is -2.51. The predicted octanol–water partition coefficient (Wildman–Crippen LogP) is 5.43. The number of aromatic nitrogens is 1. The van der Waals surface area contributed by atoms with Gasteiger partial charge in [0.05, 0.1) is 30.7 Å². The maximum absolute atomic E-state index is 13.0. The molecule has 31 heavy (non-hydrogen) atoms. The fraction of sp³-hybridized carbons (Fsp3) is 0.333. The monoisotopic (exact) mass is 452 g/mol. The average Bonchev–Trinajstić information content (AvgIpc) is 3.43. The third-order valence-corrected chi connectivity index (χ3v) is 7.61. The summed E-state index contributed by atoms with van der Waals surface area (Å²) < 4.78 is 12.5. The van der Waals surface area contributed by atoms with Crippen LogP contribution in [-0.2, 0) is 4.79 Å². The Morgan fingerprint density at radius 2 is 1.94 bits per heavy atom. The van der Waals surface area contributed by atoms with Gasteiger partial charge in [-0.3, -0.25) is 4.79 Å². The summed E-state index contributed by atoms with van der Waals surface area (Å²) in [5.74, 6) is 2.16. The predicted molar refractivity (Wildman–Crippen MR) is 124 cm³/mol. The molecule has 1 saturated heterocycles. The topological polar surface area (TPSA) is 51.7 Å². The Morgan fingerprint density at radius 3 is 2.81 bits per heavy atom. The molecule has 2 aliphatic rings. The average molecular weight is 453 g/mol. The molecule has 0 bridgehead atoms. The minimum atomic E-state index is 0.0985. The van der Waals surface area contributed by atoms with E-state index in [1.54, 1.807) is 11.3 Å². The van der Waals surface area contributed by atoms with Crippen LogP contribution >= 0.6 is 23.1 Å². The van der Waals surface area contributed by atoms with Crippen LogP contribution in [-0.4, -0.2) is 41.3 Å². The van der Waals surface area contributed by atoms with E-state index in [-0.39, 0.29) is 11.9 Å². The Balaban J connectivity index is 1.24. The lowest BCUT2D eigenvalue weighted by Crippen LogP contribution is -2.32. The molecule has 2 aliphatic heterocycles. The van der Waals surface area contributed by atoms with E-state index in [1.807, 2.05) is 29.2 Å². The fourth-order valence-electron chi connectivity index (χ4n) is 4.07. The number of benzene rings is 2. The van der Waals surface area contributed by atoms with Crippen LogP contribution in [0.25, 0.3) is 11.3 Å². The van der Waals surface area contributed by atoms with Crippen molar-refractivity contribution in [3.8, 4) is 22.8 Å². The van der Waals surface area contributed by atoms with Crippen LogP contribution in [0.3, 0.4) is 0 Å². The highest BCUT2D eigenvalue weighted by Crippen LogP contribution is 2.38. The highest BCUT2D eigenvalue weighted by molar-refractivity contribution is 8.01. The SMILES string of the molecule is O=C(CSc1nc(-c2ccccc2)cs1)N1CCCC1c1ccc2c(c1)OCCCO2. The number of hydrogen-bond acceptors (Lipinski definition) is 6. The van der Waals surface area contributed by atoms with Crippen molar-refractivity contribution < 1.29 is 14.3 Å². The minimum absolute atomic E-state index is 0.0985. The molecule has 5 nitrogen and oxygen atoms in total. The maximum Gasteiger partial charge on any atom is 0.233 e. The Bertz CT molecular complexity index is 1050. The summed E-state index contributed by atoms with van der Waals surface area (Å²) in [6.07, 6.45) is 2.88. The zero-order chi connectivity index (χ0) is 21.0. The molecular weight excluding hydrogens is 428 g/mol. The van der Waals surface area contributed by atoms with Crippen LogP contribution in [0.1, 0.15) is 30.9 Å². The van der Waals surface area contributed by atoms with Crippen LogP contribution in [0.5, 0.6) is 11.5 Å². The molecule has 0 spiro atoms. The fourth-order valence-corrected chi connectivity index (χ4v) is 5.79. The van der Waals surface area contributed by atoms with Gasteiger partial charge < -0.3 is 14.4 Å². The first kappa shape index (κ1) is 20.4. The van der Waals surface area contributed by atoms with Crippen molar-refractivity contribution in [1.82, 2.24) is 9.88 Å². The zero-order valence-corrected chi connectivity index (χ0v) is 18.8. The molecule has 3 heterocycles. The molecule has 5 rings (SSSR count). The quantitative estimate of drug-likeness (QED) is 0.483. The smallest absolute Gasteiger partial charge is 0.233 e. The van der Waals surface area contributed by atoms with E-state index in [0.717, 1.165) is 58.5 Å². The number of rotatable bonds is 5. The lowest BCUT2D eigenvalue weighted by Gasteiger charge is -2.25. The molecule has 160 valence electrons. The van der Waals surface area contributed by atoms with Crippen molar-refractivity contribution in [3.63, 3.8) is 0 Å². The van der Waals surface area contributed by atoms with Gasteiger partial charge >= 0.3 is 0 Å². The second kappa shape index (κ2) is 9.32. The van der Waals surface area contributed by atoms with E-state index in [0.29, 0.717) is 19.0 Å². The molecule has 1 atom stereocenters. The van der Waals surface area contributed by atoms with Crippen LogP contribution in [0, 0.1) is 0 Å². The second-order valence-electron chi connectivity index (χ2n) is 7.66. The van der Waals surface area contributed by atoms with E-state index in [4.69, 9.17) is 14.5 Å². The zero-order valence-electron chi connectivity index (χ0n) is 17.2. The van der Waals surface area contributed by atoms with Gasteiger partial charge in [0.2, 0.25) is 5.91 Å². The van der Waals surface area contributed by atoms with E-state index < -0.39 is 0 Å². The summed E-state index contributed by atoms with van der Waals surface area (Å²) in [5.41, 5.74) is 3.19.